The minimum atomic E-state index is -4.05. The number of sulfonamides is 1. The van der Waals surface area contributed by atoms with E-state index in [1.54, 1.807) is 12.1 Å². The number of primary amides is 1. The van der Waals surface area contributed by atoms with Crippen LogP contribution in [0.3, 0.4) is 0 Å². The second-order valence-corrected chi connectivity index (χ2v) is 11.4. The minimum Gasteiger partial charge on any atom is -0.368 e. The number of carbonyl (C=O) groups is 1. The number of benzene rings is 2. The normalized spacial score (nSPS) is 27.6. The molecule has 2 aromatic carbocycles. The van der Waals surface area contributed by atoms with Crippen LogP contribution in [0.2, 0.25) is 0 Å². The van der Waals surface area contributed by atoms with Gasteiger partial charge in [0.05, 0.1) is 9.37 Å². The van der Waals surface area contributed by atoms with Crippen molar-refractivity contribution in [3.63, 3.8) is 0 Å². The Bertz CT molecular complexity index is 1140. The van der Waals surface area contributed by atoms with Crippen molar-refractivity contribution in [1.82, 2.24) is 4.31 Å². The van der Waals surface area contributed by atoms with Gasteiger partial charge in [-0.3, -0.25) is 4.79 Å². The van der Waals surface area contributed by atoms with Crippen LogP contribution < -0.4 is 5.73 Å². The zero-order chi connectivity index (χ0) is 22.1. The van der Waals surface area contributed by atoms with Gasteiger partial charge in [0.15, 0.2) is 0 Å². The molecule has 0 radical (unpaired) electrons. The maximum absolute atomic E-state index is 13.7. The standard InChI is InChI=1S/C21H21BrF2N2O3S/c1-20(2)18-17(19(25)27)26(30(28,29)14-6-4-13(23)5-7-14)11-21(18,20)10-12-3-8-16(24)15(22)9-12/h3-9,17-18H,10-11H2,1-2H3,(H2,25,27). The molecule has 1 heterocycles. The molecule has 2 N–H and O–H groups in total. The molecule has 160 valence electrons. The maximum atomic E-state index is 13.7. The molecule has 1 saturated heterocycles. The first-order chi connectivity index (χ1) is 13.9. The van der Waals surface area contributed by atoms with Crippen LogP contribution in [0, 0.1) is 28.4 Å². The number of rotatable bonds is 5. The van der Waals surface area contributed by atoms with E-state index in [1.165, 1.54) is 18.2 Å². The number of hydrogen-bond donors (Lipinski definition) is 1. The van der Waals surface area contributed by atoms with Gasteiger partial charge in [-0.05, 0) is 81.1 Å². The average Bonchev–Trinajstić information content (AvgIpc) is 2.97. The molecular weight excluding hydrogens is 478 g/mol. The van der Waals surface area contributed by atoms with Crippen molar-refractivity contribution in [1.29, 1.82) is 0 Å². The highest BCUT2D eigenvalue weighted by Gasteiger charge is 2.79. The molecule has 5 nitrogen and oxygen atoms in total. The number of nitrogens with two attached hydrogens (primary N) is 1. The topological polar surface area (TPSA) is 80.5 Å². The molecule has 30 heavy (non-hydrogen) atoms. The first-order valence-corrected chi connectivity index (χ1v) is 11.7. The predicted octanol–water partition coefficient (Wildman–Crippen LogP) is 3.47. The zero-order valence-corrected chi connectivity index (χ0v) is 18.8. The molecule has 1 amide bonds. The Morgan fingerprint density at radius 1 is 1.20 bits per heavy atom. The third-order valence-electron chi connectivity index (χ3n) is 6.85. The SMILES string of the molecule is CC1(C)C2C(C(N)=O)N(S(=O)(=O)c3ccc(F)cc3)CC21Cc1ccc(F)c(Br)c1. The number of fused-ring (bicyclic) bond motifs is 1. The number of halogens is 3. The van der Waals surface area contributed by atoms with E-state index >= 15 is 0 Å². The van der Waals surface area contributed by atoms with Crippen molar-refractivity contribution in [3.05, 3.63) is 64.1 Å². The Morgan fingerprint density at radius 3 is 2.40 bits per heavy atom. The van der Waals surface area contributed by atoms with Crippen LogP contribution in [0.15, 0.2) is 51.8 Å². The lowest BCUT2D eigenvalue weighted by Crippen LogP contribution is -2.48. The summed E-state index contributed by atoms with van der Waals surface area (Å²) >= 11 is 3.18. The molecule has 3 unspecified atom stereocenters. The fraction of sp³-hybridized carbons (Fsp3) is 0.381. The van der Waals surface area contributed by atoms with E-state index in [0.717, 1.165) is 22.0 Å². The van der Waals surface area contributed by atoms with Crippen LogP contribution >= 0.6 is 15.9 Å². The Labute approximate surface area is 182 Å². The molecule has 0 bridgehead atoms. The largest absolute Gasteiger partial charge is 0.368 e. The second kappa shape index (κ2) is 6.83. The molecule has 2 aromatic rings. The van der Waals surface area contributed by atoms with Gasteiger partial charge in [0, 0.05) is 6.54 Å². The van der Waals surface area contributed by atoms with Gasteiger partial charge in [-0.1, -0.05) is 19.9 Å². The molecular formula is C21H21BrF2N2O3S. The summed E-state index contributed by atoms with van der Waals surface area (Å²) in [6.07, 6.45) is 0.475. The maximum Gasteiger partial charge on any atom is 0.243 e. The molecule has 1 aliphatic carbocycles. The minimum absolute atomic E-state index is 0.0890. The molecule has 2 fully saturated rings. The van der Waals surface area contributed by atoms with E-state index in [-0.39, 0.29) is 28.6 Å². The first kappa shape index (κ1) is 21.4. The zero-order valence-electron chi connectivity index (χ0n) is 16.4. The summed E-state index contributed by atoms with van der Waals surface area (Å²) in [6, 6.07) is 8.19. The Hall–Kier alpha value is -1.84. The molecule has 0 spiro atoms. The van der Waals surface area contributed by atoms with Crippen molar-refractivity contribution >= 4 is 31.9 Å². The van der Waals surface area contributed by atoms with Gasteiger partial charge in [-0.15, -0.1) is 0 Å². The summed E-state index contributed by atoms with van der Waals surface area (Å²) in [4.78, 5) is 12.3. The van der Waals surface area contributed by atoms with E-state index in [4.69, 9.17) is 5.73 Å². The number of amides is 1. The van der Waals surface area contributed by atoms with Crippen LogP contribution in [0.1, 0.15) is 19.4 Å². The van der Waals surface area contributed by atoms with Crippen LogP contribution in [0.25, 0.3) is 0 Å². The number of nitrogens with zero attached hydrogens (tertiary/aromatic N) is 1. The highest BCUT2D eigenvalue weighted by molar-refractivity contribution is 9.10. The third kappa shape index (κ3) is 3.01. The molecule has 2 aliphatic rings. The highest BCUT2D eigenvalue weighted by Crippen LogP contribution is 2.76. The van der Waals surface area contributed by atoms with E-state index in [1.807, 2.05) is 13.8 Å². The van der Waals surface area contributed by atoms with Gasteiger partial charge in [-0.2, -0.15) is 4.31 Å². The van der Waals surface area contributed by atoms with Gasteiger partial charge in [0.1, 0.15) is 17.7 Å². The average molecular weight is 499 g/mol. The van der Waals surface area contributed by atoms with E-state index in [0.29, 0.717) is 10.9 Å². The molecule has 1 aliphatic heterocycles. The van der Waals surface area contributed by atoms with Gasteiger partial charge in [0.25, 0.3) is 0 Å². The van der Waals surface area contributed by atoms with Crippen molar-refractivity contribution < 1.29 is 22.0 Å². The van der Waals surface area contributed by atoms with Gasteiger partial charge >= 0.3 is 0 Å². The van der Waals surface area contributed by atoms with Crippen LogP contribution in [0.5, 0.6) is 0 Å². The quantitative estimate of drug-likeness (QED) is 0.685. The lowest BCUT2D eigenvalue weighted by molar-refractivity contribution is -0.122. The van der Waals surface area contributed by atoms with Gasteiger partial charge in [-0.25, -0.2) is 17.2 Å². The Morgan fingerprint density at radius 2 is 1.83 bits per heavy atom. The monoisotopic (exact) mass is 498 g/mol. The summed E-state index contributed by atoms with van der Waals surface area (Å²) in [5.74, 6) is -1.92. The molecule has 3 atom stereocenters. The molecule has 0 aromatic heterocycles. The van der Waals surface area contributed by atoms with E-state index < -0.39 is 33.2 Å². The lowest BCUT2D eigenvalue weighted by atomic mass is 9.89. The smallest absolute Gasteiger partial charge is 0.243 e. The third-order valence-corrected chi connectivity index (χ3v) is 9.30. The number of carbonyl (C=O) groups excluding carboxylic acids is 1. The fourth-order valence-corrected chi connectivity index (χ4v) is 7.32. The molecule has 9 heteroatoms. The summed E-state index contributed by atoms with van der Waals surface area (Å²) < 4.78 is 54.9. The van der Waals surface area contributed by atoms with Gasteiger partial charge in [0.2, 0.25) is 15.9 Å². The van der Waals surface area contributed by atoms with E-state index in [2.05, 4.69) is 15.9 Å². The molecule has 4 rings (SSSR count). The Kier molecular flexibility index (Phi) is 4.87. The highest BCUT2D eigenvalue weighted by atomic mass is 79.9. The summed E-state index contributed by atoms with van der Waals surface area (Å²) in [5, 5.41) is 0. The van der Waals surface area contributed by atoms with Crippen LogP contribution in [-0.4, -0.2) is 31.2 Å². The first-order valence-electron chi connectivity index (χ1n) is 9.42. The van der Waals surface area contributed by atoms with Crippen LogP contribution in [0.4, 0.5) is 8.78 Å². The van der Waals surface area contributed by atoms with Gasteiger partial charge < -0.3 is 5.73 Å². The fourth-order valence-electron chi connectivity index (χ4n) is 5.22. The molecule has 1 saturated carbocycles. The lowest BCUT2D eigenvalue weighted by Gasteiger charge is -2.30. The van der Waals surface area contributed by atoms with Crippen molar-refractivity contribution in [2.75, 3.05) is 6.54 Å². The van der Waals surface area contributed by atoms with E-state index in [9.17, 15) is 22.0 Å². The number of piperidine rings is 1. The van der Waals surface area contributed by atoms with Crippen molar-refractivity contribution in [3.8, 4) is 0 Å². The summed E-state index contributed by atoms with van der Waals surface area (Å²) in [7, 11) is -4.05. The second-order valence-electron chi connectivity index (χ2n) is 8.63. The Balaban J connectivity index is 1.74. The summed E-state index contributed by atoms with van der Waals surface area (Å²) in [5.41, 5.74) is 5.65. The van der Waals surface area contributed by atoms with Crippen LogP contribution in [-0.2, 0) is 21.2 Å². The number of hydrogen-bond acceptors (Lipinski definition) is 3. The predicted molar refractivity (Wildman–Crippen MR) is 111 cm³/mol. The van der Waals surface area contributed by atoms with Crippen molar-refractivity contribution in [2.45, 2.75) is 31.2 Å². The van der Waals surface area contributed by atoms with Crippen molar-refractivity contribution in [2.24, 2.45) is 22.5 Å². The summed E-state index contributed by atoms with van der Waals surface area (Å²) in [6.45, 7) is 4.09.